The van der Waals surface area contributed by atoms with Gasteiger partial charge in [-0.25, -0.2) is 0 Å². The largest absolute Gasteiger partial charge is 0.416 e. The summed E-state index contributed by atoms with van der Waals surface area (Å²) in [5.74, 6) is -0.166. The second-order valence-electron chi connectivity index (χ2n) is 11.0. The molecule has 1 saturated carbocycles. The average Bonchev–Trinajstić information content (AvgIpc) is 3.51. The lowest BCUT2D eigenvalue weighted by molar-refractivity contribution is -0.137. The van der Waals surface area contributed by atoms with E-state index in [0.717, 1.165) is 60.8 Å². The van der Waals surface area contributed by atoms with Crippen molar-refractivity contribution < 1.29 is 18.0 Å². The van der Waals surface area contributed by atoms with E-state index in [2.05, 4.69) is 20.2 Å². The highest BCUT2D eigenvalue weighted by Gasteiger charge is 2.32. The van der Waals surface area contributed by atoms with E-state index < -0.39 is 11.7 Å². The van der Waals surface area contributed by atoms with E-state index in [-0.39, 0.29) is 11.9 Å². The van der Waals surface area contributed by atoms with E-state index in [1.165, 1.54) is 43.9 Å². The molecule has 6 nitrogen and oxygen atoms in total. The fraction of sp³-hybridized carbons (Fsp3) is 0.406. The van der Waals surface area contributed by atoms with Crippen molar-refractivity contribution in [3.05, 3.63) is 89.5 Å². The summed E-state index contributed by atoms with van der Waals surface area (Å²) in [7, 11) is 0. The second kappa shape index (κ2) is 12.9. The standard InChI is InChI=1S/C32H36F3N5O/c1-23-20-26(14-17-36-23)38-27-11-12-28(37-21-27)22-40(30-15-18-39(19-16-30)29-4-2-3-5-29)31(41)13-8-24-6-9-25(10-7-24)32(33,34)35/h6-14,17,20-21,29-30H,2-5,15-16,18-19,22H2,1H3,(H,36,38)/b13-8+. The van der Waals surface area contributed by atoms with Gasteiger partial charge in [0, 0.05) is 48.8 Å². The first kappa shape index (κ1) is 28.8. The number of rotatable bonds is 8. The third-order valence-electron chi connectivity index (χ3n) is 8.06. The van der Waals surface area contributed by atoms with Gasteiger partial charge in [-0.3, -0.25) is 14.8 Å². The Labute approximate surface area is 239 Å². The number of aryl methyl sites for hydroxylation is 1. The van der Waals surface area contributed by atoms with Crippen molar-refractivity contribution in [2.75, 3.05) is 18.4 Å². The predicted octanol–water partition coefficient (Wildman–Crippen LogP) is 7.00. The normalized spacial score (nSPS) is 17.3. The number of hydrogen-bond acceptors (Lipinski definition) is 5. The molecule has 3 aromatic rings. The van der Waals surface area contributed by atoms with Crippen LogP contribution in [0.2, 0.25) is 0 Å². The van der Waals surface area contributed by atoms with Crippen LogP contribution in [-0.4, -0.2) is 50.8 Å². The molecule has 0 spiro atoms. The zero-order valence-corrected chi connectivity index (χ0v) is 23.3. The van der Waals surface area contributed by atoms with Gasteiger partial charge >= 0.3 is 6.18 Å². The average molecular weight is 564 g/mol. The number of nitrogens with one attached hydrogen (secondary N) is 1. The minimum absolute atomic E-state index is 0.0665. The van der Waals surface area contributed by atoms with Gasteiger partial charge in [0.05, 0.1) is 29.7 Å². The Morgan fingerprint density at radius 2 is 1.73 bits per heavy atom. The van der Waals surface area contributed by atoms with Crippen LogP contribution in [0.5, 0.6) is 0 Å². The molecule has 5 rings (SSSR count). The number of benzene rings is 1. The Morgan fingerprint density at radius 1 is 1.00 bits per heavy atom. The second-order valence-corrected chi connectivity index (χ2v) is 11.0. The van der Waals surface area contributed by atoms with Crippen LogP contribution in [0.25, 0.3) is 6.08 Å². The summed E-state index contributed by atoms with van der Waals surface area (Å²) in [4.78, 5) is 26.8. The lowest BCUT2D eigenvalue weighted by Crippen LogP contribution is -2.48. The van der Waals surface area contributed by atoms with Gasteiger partial charge in [-0.05, 0) is 80.6 Å². The number of piperidine rings is 1. The first-order chi connectivity index (χ1) is 19.7. The van der Waals surface area contributed by atoms with Crippen molar-refractivity contribution in [1.82, 2.24) is 19.8 Å². The highest BCUT2D eigenvalue weighted by atomic mass is 19.4. The summed E-state index contributed by atoms with van der Waals surface area (Å²) in [5.41, 5.74) is 3.28. The molecule has 41 heavy (non-hydrogen) atoms. The molecule has 2 fully saturated rings. The van der Waals surface area contributed by atoms with Gasteiger partial charge in [0.25, 0.3) is 0 Å². The molecule has 1 N–H and O–H groups in total. The van der Waals surface area contributed by atoms with Gasteiger partial charge in [-0.1, -0.05) is 25.0 Å². The maximum Gasteiger partial charge on any atom is 0.416 e. The molecular formula is C32H36F3N5O. The molecule has 216 valence electrons. The zero-order chi connectivity index (χ0) is 28.8. The van der Waals surface area contributed by atoms with E-state index in [1.807, 2.05) is 36.1 Å². The van der Waals surface area contributed by atoms with Crippen molar-refractivity contribution in [1.29, 1.82) is 0 Å². The number of halogens is 3. The van der Waals surface area contributed by atoms with Crippen LogP contribution in [0, 0.1) is 6.92 Å². The molecule has 1 amide bonds. The molecular weight excluding hydrogens is 527 g/mol. The lowest BCUT2D eigenvalue weighted by Gasteiger charge is -2.40. The molecule has 2 aromatic heterocycles. The maximum atomic E-state index is 13.5. The minimum atomic E-state index is -4.39. The maximum absolute atomic E-state index is 13.5. The first-order valence-corrected chi connectivity index (χ1v) is 14.3. The summed E-state index contributed by atoms with van der Waals surface area (Å²) in [6, 6.07) is 13.3. The number of pyridine rings is 2. The van der Waals surface area contributed by atoms with Crippen molar-refractivity contribution in [2.24, 2.45) is 0 Å². The first-order valence-electron chi connectivity index (χ1n) is 14.3. The highest BCUT2D eigenvalue weighted by molar-refractivity contribution is 5.92. The Hall–Kier alpha value is -3.72. The molecule has 0 bridgehead atoms. The summed E-state index contributed by atoms with van der Waals surface area (Å²) in [5, 5.41) is 3.32. The molecule has 9 heteroatoms. The smallest absolute Gasteiger partial charge is 0.354 e. The Kier molecular flexibility index (Phi) is 9.03. The van der Waals surface area contributed by atoms with Crippen LogP contribution in [0.4, 0.5) is 24.5 Å². The van der Waals surface area contributed by atoms with E-state index in [4.69, 9.17) is 0 Å². The van der Waals surface area contributed by atoms with Gasteiger partial charge < -0.3 is 15.1 Å². The molecule has 1 aromatic carbocycles. The highest BCUT2D eigenvalue weighted by Crippen LogP contribution is 2.30. The number of alkyl halides is 3. The molecule has 0 radical (unpaired) electrons. The van der Waals surface area contributed by atoms with E-state index in [1.54, 1.807) is 18.5 Å². The number of carbonyl (C=O) groups excluding carboxylic acids is 1. The van der Waals surface area contributed by atoms with Crippen LogP contribution < -0.4 is 5.32 Å². The molecule has 2 aliphatic rings. The van der Waals surface area contributed by atoms with Crippen LogP contribution in [0.15, 0.2) is 67.0 Å². The topological polar surface area (TPSA) is 61.4 Å². The van der Waals surface area contributed by atoms with Gasteiger partial charge in [0.15, 0.2) is 0 Å². The van der Waals surface area contributed by atoms with Crippen molar-refractivity contribution in [3.63, 3.8) is 0 Å². The third kappa shape index (κ3) is 7.73. The summed E-state index contributed by atoms with van der Waals surface area (Å²) in [6.45, 7) is 4.22. The lowest BCUT2D eigenvalue weighted by atomic mass is 10.00. The van der Waals surface area contributed by atoms with Gasteiger partial charge in [-0.15, -0.1) is 0 Å². The Balaban J connectivity index is 1.28. The van der Waals surface area contributed by atoms with E-state index in [9.17, 15) is 18.0 Å². The number of hydrogen-bond donors (Lipinski definition) is 1. The third-order valence-corrected chi connectivity index (χ3v) is 8.06. The van der Waals surface area contributed by atoms with Crippen molar-refractivity contribution in [3.8, 4) is 0 Å². The Bertz CT molecular complexity index is 1330. The van der Waals surface area contributed by atoms with Gasteiger partial charge in [0.1, 0.15) is 0 Å². The van der Waals surface area contributed by atoms with Crippen LogP contribution in [0.3, 0.4) is 0 Å². The van der Waals surface area contributed by atoms with Crippen molar-refractivity contribution in [2.45, 2.75) is 70.3 Å². The van der Waals surface area contributed by atoms with Crippen LogP contribution >= 0.6 is 0 Å². The number of amides is 1. The zero-order valence-electron chi connectivity index (χ0n) is 23.3. The van der Waals surface area contributed by atoms with Gasteiger partial charge in [0.2, 0.25) is 5.91 Å². The fourth-order valence-electron chi connectivity index (χ4n) is 5.82. The van der Waals surface area contributed by atoms with E-state index in [0.29, 0.717) is 18.2 Å². The molecule has 3 heterocycles. The summed E-state index contributed by atoms with van der Waals surface area (Å²) in [6.07, 6.45) is 9.04. The molecule has 1 aliphatic carbocycles. The number of anilines is 2. The molecule has 0 atom stereocenters. The SMILES string of the molecule is Cc1cc(Nc2ccc(CN(C(=O)/C=C/c3ccc(C(F)(F)F)cc3)C3CCN(C4CCCC4)CC3)nc2)ccn1. The molecule has 0 unspecified atom stereocenters. The quantitative estimate of drug-likeness (QED) is 0.299. The molecule has 1 saturated heterocycles. The Morgan fingerprint density at radius 3 is 2.37 bits per heavy atom. The number of likely N-dealkylation sites (tertiary alicyclic amines) is 1. The van der Waals surface area contributed by atoms with E-state index >= 15 is 0 Å². The van der Waals surface area contributed by atoms with Crippen LogP contribution in [-0.2, 0) is 17.5 Å². The monoisotopic (exact) mass is 563 g/mol. The summed E-state index contributed by atoms with van der Waals surface area (Å²) < 4.78 is 38.8. The van der Waals surface area contributed by atoms with Crippen molar-refractivity contribution >= 4 is 23.4 Å². The van der Waals surface area contributed by atoms with Gasteiger partial charge in [-0.2, -0.15) is 13.2 Å². The summed E-state index contributed by atoms with van der Waals surface area (Å²) >= 11 is 0. The number of carbonyl (C=O) groups is 1. The number of nitrogens with zero attached hydrogens (tertiary/aromatic N) is 4. The van der Waals surface area contributed by atoms with Crippen LogP contribution in [0.1, 0.15) is 61.0 Å². The predicted molar refractivity (Wildman–Crippen MR) is 154 cm³/mol. The minimum Gasteiger partial charge on any atom is -0.354 e. The fourth-order valence-corrected chi connectivity index (χ4v) is 5.82. The molecule has 1 aliphatic heterocycles. The number of aromatic nitrogens is 2.